The van der Waals surface area contributed by atoms with Crippen molar-refractivity contribution in [2.75, 3.05) is 14.1 Å². The maximum atomic E-state index is 8.78. The van der Waals surface area contributed by atoms with Gasteiger partial charge in [-0.2, -0.15) is 5.26 Å². The molecule has 0 aromatic carbocycles. The predicted octanol–water partition coefficient (Wildman–Crippen LogP) is 0.603. The molecule has 0 aliphatic heterocycles. The Morgan fingerprint density at radius 1 is 1.42 bits per heavy atom. The molecular formula is C8H10N4. The van der Waals surface area contributed by atoms with Crippen molar-refractivity contribution >= 4 is 0 Å². The average molecular weight is 162 g/mol. The molecule has 1 atom stereocenters. The second-order valence-electron chi connectivity index (χ2n) is 2.60. The topological polar surface area (TPSA) is 52.8 Å². The van der Waals surface area contributed by atoms with E-state index in [9.17, 15) is 0 Å². The highest BCUT2D eigenvalue weighted by Gasteiger charge is 2.14. The van der Waals surface area contributed by atoms with Gasteiger partial charge >= 0.3 is 0 Å². The zero-order valence-electron chi connectivity index (χ0n) is 7.10. The van der Waals surface area contributed by atoms with Gasteiger partial charge in [0, 0.05) is 12.4 Å². The molecule has 0 radical (unpaired) electrons. The van der Waals surface area contributed by atoms with E-state index in [1.807, 2.05) is 14.1 Å². The quantitative estimate of drug-likeness (QED) is 0.639. The van der Waals surface area contributed by atoms with E-state index >= 15 is 0 Å². The summed E-state index contributed by atoms with van der Waals surface area (Å²) in [4.78, 5) is 9.76. The molecule has 0 bridgehead atoms. The van der Waals surface area contributed by atoms with Crippen LogP contribution in [0.2, 0.25) is 0 Å². The van der Waals surface area contributed by atoms with E-state index in [-0.39, 0.29) is 6.04 Å². The average Bonchev–Trinajstić information content (AvgIpc) is 2.07. The lowest BCUT2D eigenvalue weighted by Gasteiger charge is -2.14. The molecule has 0 aliphatic rings. The van der Waals surface area contributed by atoms with Crippen LogP contribution in [0.5, 0.6) is 0 Å². The van der Waals surface area contributed by atoms with Gasteiger partial charge in [0.05, 0.1) is 6.07 Å². The highest BCUT2D eigenvalue weighted by atomic mass is 15.1. The third kappa shape index (κ3) is 1.77. The standard InChI is InChI=1S/C8H10N4/c1-12(2)7(6-9)8-10-4-3-5-11-8/h3-5,7H,1-2H3. The van der Waals surface area contributed by atoms with Gasteiger partial charge in [-0.1, -0.05) is 0 Å². The van der Waals surface area contributed by atoms with Crippen LogP contribution in [0, 0.1) is 11.3 Å². The fraction of sp³-hybridized carbons (Fsp3) is 0.375. The molecular weight excluding hydrogens is 152 g/mol. The minimum Gasteiger partial charge on any atom is -0.288 e. The Morgan fingerprint density at radius 2 is 2.00 bits per heavy atom. The van der Waals surface area contributed by atoms with E-state index in [0.717, 1.165) is 0 Å². The summed E-state index contributed by atoms with van der Waals surface area (Å²) < 4.78 is 0. The van der Waals surface area contributed by atoms with Crippen molar-refractivity contribution < 1.29 is 0 Å². The van der Waals surface area contributed by atoms with Gasteiger partial charge in [0.2, 0.25) is 0 Å². The van der Waals surface area contributed by atoms with Crippen LogP contribution in [0.25, 0.3) is 0 Å². The summed E-state index contributed by atoms with van der Waals surface area (Å²) in [5, 5.41) is 8.78. The summed E-state index contributed by atoms with van der Waals surface area (Å²) in [6.07, 6.45) is 3.27. The normalized spacial score (nSPS) is 12.5. The van der Waals surface area contributed by atoms with Crippen molar-refractivity contribution in [2.24, 2.45) is 0 Å². The van der Waals surface area contributed by atoms with Crippen LogP contribution >= 0.6 is 0 Å². The molecule has 0 saturated carbocycles. The number of nitrogens with zero attached hydrogens (tertiary/aromatic N) is 4. The molecule has 12 heavy (non-hydrogen) atoms. The number of hydrogen-bond donors (Lipinski definition) is 0. The van der Waals surface area contributed by atoms with Crippen molar-refractivity contribution in [3.63, 3.8) is 0 Å². The van der Waals surface area contributed by atoms with Crippen LogP contribution in [0.1, 0.15) is 11.9 Å². The molecule has 4 nitrogen and oxygen atoms in total. The van der Waals surface area contributed by atoms with Gasteiger partial charge in [-0.25, -0.2) is 9.97 Å². The smallest absolute Gasteiger partial charge is 0.159 e. The van der Waals surface area contributed by atoms with Gasteiger partial charge in [0.25, 0.3) is 0 Å². The summed E-state index contributed by atoms with van der Waals surface area (Å²) in [6.45, 7) is 0. The lowest BCUT2D eigenvalue weighted by molar-refractivity contribution is 0.345. The molecule has 4 heteroatoms. The zero-order valence-corrected chi connectivity index (χ0v) is 7.10. The fourth-order valence-electron chi connectivity index (χ4n) is 0.856. The molecule has 0 fully saturated rings. The van der Waals surface area contributed by atoms with Crippen LogP contribution in [0.3, 0.4) is 0 Å². The number of aromatic nitrogens is 2. The van der Waals surface area contributed by atoms with Crippen LogP contribution in [-0.2, 0) is 0 Å². The largest absolute Gasteiger partial charge is 0.288 e. The van der Waals surface area contributed by atoms with Crippen LogP contribution in [0.15, 0.2) is 18.5 Å². The Kier molecular flexibility index (Phi) is 2.72. The van der Waals surface area contributed by atoms with Crippen LogP contribution < -0.4 is 0 Å². The first kappa shape index (κ1) is 8.62. The molecule has 1 aromatic rings. The summed E-state index contributed by atoms with van der Waals surface area (Å²) >= 11 is 0. The lowest BCUT2D eigenvalue weighted by Crippen LogP contribution is -2.20. The van der Waals surface area contributed by atoms with Gasteiger partial charge in [0.15, 0.2) is 11.9 Å². The highest BCUT2D eigenvalue weighted by molar-refractivity contribution is 5.05. The molecule has 1 unspecified atom stereocenters. The van der Waals surface area contributed by atoms with Gasteiger partial charge in [-0.05, 0) is 20.2 Å². The SMILES string of the molecule is CN(C)C(C#N)c1ncccn1. The van der Waals surface area contributed by atoms with Gasteiger partial charge in [-0.3, -0.25) is 4.90 Å². The molecule has 0 saturated heterocycles. The van der Waals surface area contributed by atoms with E-state index in [2.05, 4.69) is 16.0 Å². The Bertz CT molecular complexity index is 275. The minimum atomic E-state index is -0.355. The molecule has 62 valence electrons. The monoisotopic (exact) mass is 162 g/mol. The Morgan fingerprint density at radius 3 is 2.42 bits per heavy atom. The van der Waals surface area contributed by atoms with Crippen molar-refractivity contribution in [1.29, 1.82) is 5.26 Å². The first-order valence-electron chi connectivity index (χ1n) is 3.58. The van der Waals surface area contributed by atoms with E-state index in [4.69, 9.17) is 5.26 Å². The zero-order chi connectivity index (χ0) is 8.97. The van der Waals surface area contributed by atoms with Gasteiger partial charge in [-0.15, -0.1) is 0 Å². The van der Waals surface area contributed by atoms with Crippen molar-refractivity contribution in [3.8, 4) is 6.07 Å². The fourth-order valence-corrected chi connectivity index (χ4v) is 0.856. The molecule has 0 amide bonds. The van der Waals surface area contributed by atoms with E-state index in [1.54, 1.807) is 23.4 Å². The molecule has 0 aliphatic carbocycles. The van der Waals surface area contributed by atoms with Crippen molar-refractivity contribution in [3.05, 3.63) is 24.3 Å². The Labute approximate surface area is 71.5 Å². The molecule has 1 aromatic heterocycles. The van der Waals surface area contributed by atoms with Gasteiger partial charge < -0.3 is 0 Å². The second kappa shape index (κ2) is 3.79. The van der Waals surface area contributed by atoms with Crippen LogP contribution in [0.4, 0.5) is 0 Å². The summed E-state index contributed by atoms with van der Waals surface area (Å²) in [6, 6.07) is 3.49. The van der Waals surface area contributed by atoms with Crippen LogP contribution in [-0.4, -0.2) is 29.0 Å². The molecule has 0 N–H and O–H groups in total. The Balaban J connectivity index is 2.90. The molecule has 0 spiro atoms. The Hall–Kier alpha value is -1.47. The number of nitriles is 1. The first-order chi connectivity index (χ1) is 5.75. The maximum absolute atomic E-state index is 8.78. The number of hydrogen-bond acceptors (Lipinski definition) is 4. The third-order valence-electron chi connectivity index (χ3n) is 1.47. The summed E-state index contributed by atoms with van der Waals surface area (Å²) in [5.41, 5.74) is 0. The number of rotatable bonds is 2. The van der Waals surface area contributed by atoms with E-state index in [1.165, 1.54) is 0 Å². The minimum absolute atomic E-state index is 0.355. The third-order valence-corrected chi connectivity index (χ3v) is 1.47. The second-order valence-corrected chi connectivity index (χ2v) is 2.60. The summed E-state index contributed by atoms with van der Waals surface area (Å²) in [7, 11) is 3.65. The van der Waals surface area contributed by atoms with Gasteiger partial charge in [0.1, 0.15) is 0 Å². The van der Waals surface area contributed by atoms with E-state index in [0.29, 0.717) is 5.82 Å². The van der Waals surface area contributed by atoms with E-state index < -0.39 is 0 Å². The van der Waals surface area contributed by atoms with Crippen molar-refractivity contribution in [2.45, 2.75) is 6.04 Å². The molecule has 1 rings (SSSR count). The first-order valence-corrected chi connectivity index (χ1v) is 3.58. The van der Waals surface area contributed by atoms with Crippen molar-refractivity contribution in [1.82, 2.24) is 14.9 Å². The highest BCUT2D eigenvalue weighted by Crippen LogP contribution is 2.10. The lowest BCUT2D eigenvalue weighted by atomic mass is 10.3. The maximum Gasteiger partial charge on any atom is 0.159 e. The summed E-state index contributed by atoms with van der Waals surface area (Å²) in [5.74, 6) is 0.546. The molecule has 1 heterocycles. The predicted molar refractivity (Wildman–Crippen MR) is 44.1 cm³/mol.